The number of ether oxygens (including phenoxy) is 3. The van der Waals surface area contributed by atoms with Crippen LogP contribution in [-0.4, -0.2) is 72.8 Å². The van der Waals surface area contributed by atoms with Crippen molar-refractivity contribution in [2.45, 2.75) is 52.7 Å². The number of rotatable bonds is 8. The molecule has 0 aliphatic rings. The maximum absolute atomic E-state index is 12.2. The molecule has 0 aliphatic heterocycles. The van der Waals surface area contributed by atoms with E-state index in [9.17, 15) is 9.59 Å². The number of alkyl carbamates (subject to hydrolysis) is 1. The van der Waals surface area contributed by atoms with E-state index in [1.54, 1.807) is 41.5 Å². The van der Waals surface area contributed by atoms with Crippen molar-refractivity contribution in [1.82, 2.24) is 10.2 Å². The first-order valence-electron chi connectivity index (χ1n) is 8.08. The molecule has 0 aromatic carbocycles. The predicted octanol–water partition coefficient (Wildman–Crippen LogP) is 1.76. The third-order valence-corrected chi connectivity index (χ3v) is 2.44. The van der Waals surface area contributed by atoms with Crippen molar-refractivity contribution in [3.05, 3.63) is 0 Å². The average Bonchev–Trinajstić information content (AvgIpc) is 2.37. The highest BCUT2D eigenvalue weighted by Crippen LogP contribution is 2.10. The van der Waals surface area contributed by atoms with E-state index in [4.69, 9.17) is 19.3 Å². The van der Waals surface area contributed by atoms with E-state index in [0.29, 0.717) is 6.54 Å². The van der Waals surface area contributed by atoms with Crippen molar-refractivity contribution < 1.29 is 28.9 Å². The molecule has 0 atom stereocenters. The van der Waals surface area contributed by atoms with Gasteiger partial charge in [-0.2, -0.15) is 0 Å². The minimum atomic E-state index is -0.611. The van der Waals surface area contributed by atoms with Crippen LogP contribution in [0.15, 0.2) is 0 Å². The zero-order chi connectivity index (χ0) is 18.8. The van der Waals surface area contributed by atoms with Gasteiger partial charge in [0.1, 0.15) is 11.2 Å². The Balaban J connectivity index is 4.42. The molecule has 0 spiro atoms. The molecular formula is C16H32N2O6. The van der Waals surface area contributed by atoms with Crippen molar-refractivity contribution >= 4 is 12.2 Å². The number of carbonyl (C=O) groups excluding carboxylic acids is 2. The van der Waals surface area contributed by atoms with E-state index in [1.807, 2.05) is 0 Å². The van der Waals surface area contributed by atoms with Gasteiger partial charge in [-0.15, -0.1) is 0 Å². The molecule has 0 aromatic rings. The van der Waals surface area contributed by atoms with E-state index in [-0.39, 0.29) is 32.9 Å². The van der Waals surface area contributed by atoms with Gasteiger partial charge in [0.25, 0.3) is 0 Å². The summed E-state index contributed by atoms with van der Waals surface area (Å²) >= 11 is 0. The molecule has 8 nitrogen and oxygen atoms in total. The molecule has 0 heterocycles. The van der Waals surface area contributed by atoms with E-state index in [1.165, 1.54) is 4.90 Å². The van der Waals surface area contributed by atoms with Crippen LogP contribution in [0.25, 0.3) is 0 Å². The summed E-state index contributed by atoms with van der Waals surface area (Å²) in [5.41, 5.74) is -1.19. The smallest absolute Gasteiger partial charge is 0.410 e. The molecule has 0 saturated heterocycles. The first-order valence-corrected chi connectivity index (χ1v) is 8.08. The number of nitrogens with one attached hydrogen (secondary N) is 1. The lowest BCUT2D eigenvalue weighted by atomic mass is 10.2. The highest BCUT2D eigenvalue weighted by molar-refractivity contribution is 5.69. The van der Waals surface area contributed by atoms with E-state index >= 15 is 0 Å². The Morgan fingerprint density at radius 2 is 1.54 bits per heavy atom. The molecule has 0 aliphatic carbocycles. The Labute approximate surface area is 144 Å². The van der Waals surface area contributed by atoms with Gasteiger partial charge < -0.3 is 29.5 Å². The lowest BCUT2D eigenvalue weighted by molar-refractivity contribution is 0.0148. The molecule has 0 radical (unpaired) electrons. The lowest BCUT2D eigenvalue weighted by Gasteiger charge is -2.27. The van der Waals surface area contributed by atoms with Crippen LogP contribution in [0, 0.1) is 0 Å². The number of hydrogen-bond acceptors (Lipinski definition) is 6. The van der Waals surface area contributed by atoms with Crippen molar-refractivity contribution in [3.8, 4) is 0 Å². The largest absolute Gasteiger partial charge is 0.444 e. The van der Waals surface area contributed by atoms with Gasteiger partial charge in [0.15, 0.2) is 0 Å². The summed E-state index contributed by atoms with van der Waals surface area (Å²) in [5.74, 6) is 0. The molecule has 0 unspecified atom stereocenters. The number of aliphatic hydroxyl groups excluding tert-OH is 1. The topological polar surface area (TPSA) is 97.3 Å². The normalized spacial score (nSPS) is 11.8. The van der Waals surface area contributed by atoms with Crippen molar-refractivity contribution in [2.24, 2.45) is 0 Å². The fraction of sp³-hybridized carbons (Fsp3) is 0.875. The van der Waals surface area contributed by atoms with Gasteiger partial charge in [0.2, 0.25) is 0 Å². The van der Waals surface area contributed by atoms with Gasteiger partial charge >= 0.3 is 12.2 Å². The van der Waals surface area contributed by atoms with Crippen LogP contribution in [0.1, 0.15) is 41.5 Å². The van der Waals surface area contributed by atoms with Crippen LogP contribution in [-0.2, 0) is 14.2 Å². The average molecular weight is 348 g/mol. The second kappa shape index (κ2) is 10.4. The number of aliphatic hydroxyl groups is 1. The van der Waals surface area contributed by atoms with E-state index < -0.39 is 23.4 Å². The summed E-state index contributed by atoms with van der Waals surface area (Å²) in [4.78, 5) is 25.2. The van der Waals surface area contributed by atoms with Crippen LogP contribution in [0.2, 0.25) is 0 Å². The molecule has 0 rings (SSSR count). The highest BCUT2D eigenvalue weighted by atomic mass is 16.6. The summed E-state index contributed by atoms with van der Waals surface area (Å²) in [6, 6.07) is 0. The van der Waals surface area contributed by atoms with Gasteiger partial charge in [0, 0.05) is 19.6 Å². The lowest BCUT2D eigenvalue weighted by Crippen LogP contribution is -2.43. The van der Waals surface area contributed by atoms with Gasteiger partial charge in [-0.25, -0.2) is 9.59 Å². The molecular weight excluding hydrogens is 316 g/mol. The molecule has 0 aromatic heterocycles. The molecule has 142 valence electrons. The highest BCUT2D eigenvalue weighted by Gasteiger charge is 2.22. The zero-order valence-electron chi connectivity index (χ0n) is 15.7. The summed E-state index contributed by atoms with van der Waals surface area (Å²) in [6.07, 6.45) is -1.02. The van der Waals surface area contributed by atoms with Crippen molar-refractivity contribution in [3.63, 3.8) is 0 Å². The molecule has 24 heavy (non-hydrogen) atoms. The van der Waals surface area contributed by atoms with Gasteiger partial charge in [0.05, 0.1) is 19.8 Å². The Hall–Kier alpha value is -1.54. The number of nitrogens with zero attached hydrogens (tertiary/aromatic N) is 1. The molecule has 0 fully saturated rings. The minimum Gasteiger partial charge on any atom is -0.444 e. The second-order valence-corrected chi connectivity index (χ2v) is 7.23. The first kappa shape index (κ1) is 22.5. The summed E-state index contributed by atoms with van der Waals surface area (Å²) in [6.45, 7) is 11.9. The monoisotopic (exact) mass is 348 g/mol. The fourth-order valence-corrected chi connectivity index (χ4v) is 1.57. The predicted molar refractivity (Wildman–Crippen MR) is 89.9 cm³/mol. The van der Waals surface area contributed by atoms with Gasteiger partial charge in [-0.05, 0) is 41.5 Å². The third-order valence-electron chi connectivity index (χ3n) is 2.44. The van der Waals surface area contributed by atoms with E-state index in [0.717, 1.165) is 0 Å². The van der Waals surface area contributed by atoms with Gasteiger partial charge in [-0.3, -0.25) is 0 Å². The van der Waals surface area contributed by atoms with Crippen LogP contribution in [0.3, 0.4) is 0 Å². The summed E-state index contributed by atoms with van der Waals surface area (Å²) in [7, 11) is 0. The van der Waals surface area contributed by atoms with Crippen LogP contribution in [0.5, 0.6) is 0 Å². The zero-order valence-corrected chi connectivity index (χ0v) is 15.7. The SMILES string of the molecule is CC(C)(C)OC(=O)NCCN(CCOCCO)C(=O)OC(C)(C)C. The van der Waals surface area contributed by atoms with Crippen molar-refractivity contribution in [2.75, 3.05) is 39.5 Å². The standard InChI is InChI=1S/C16H32N2O6/c1-15(2,3)23-13(20)17-7-8-18(9-11-22-12-10-19)14(21)24-16(4,5)6/h19H,7-12H2,1-6H3,(H,17,20). The number of carbonyl (C=O) groups is 2. The van der Waals surface area contributed by atoms with E-state index in [2.05, 4.69) is 5.32 Å². The summed E-state index contributed by atoms with van der Waals surface area (Å²) in [5, 5.41) is 11.3. The minimum absolute atomic E-state index is 0.0767. The Bertz CT molecular complexity index is 387. The third kappa shape index (κ3) is 13.0. The Morgan fingerprint density at radius 3 is 2.04 bits per heavy atom. The maximum Gasteiger partial charge on any atom is 0.410 e. The fourth-order valence-electron chi connectivity index (χ4n) is 1.57. The first-order chi connectivity index (χ1) is 10.9. The maximum atomic E-state index is 12.2. The Kier molecular flexibility index (Phi) is 9.69. The quantitative estimate of drug-likeness (QED) is 0.649. The van der Waals surface area contributed by atoms with Crippen molar-refractivity contribution in [1.29, 1.82) is 0 Å². The number of hydrogen-bond donors (Lipinski definition) is 2. The Morgan fingerprint density at radius 1 is 0.958 bits per heavy atom. The molecule has 2 N–H and O–H groups in total. The molecule has 8 heteroatoms. The summed E-state index contributed by atoms with van der Waals surface area (Å²) < 4.78 is 15.6. The van der Waals surface area contributed by atoms with Gasteiger partial charge in [-0.1, -0.05) is 0 Å². The van der Waals surface area contributed by atoms with Crippen LogP contribution < -0.4 is 5.32 Å². The molecule has 0 bridgehead atoms. The number of amides is 2. The molecule has 2 amide bonds. The van der Waals surface area contributed by atoms with Crippen LogP contribution >= 0.6 is 0 Å². The second-order valence-electron chi connectivity index (χ2n) is 7.23. The molecule has 0 saturated carbocycles. The van der Waals surface area contributed by atoms with Crippen LogP contribution in [0.4, 0.5) is 9.59 Å².